The highest BCUT2D eigenvalue weighted by Gasteiger charge is 2.30. The van der Waals surface area contributed by atoms with Crippen LogP contribution in [0.3, 0.4) is 0 Å². The summed E-state index contributed by atoms with van der Waals surface area (Å²) < 4.78 is 0. The number of hydrazine groups is 1. The van der Waals surface area contributed by atoms with Crippen LogP contribution in [0.4, 0.5) is 0 Å². The summed E-state index contributed by atoms with van der Waals surface area (Å²) in [6, 6.07) is 0. The van der Waals surface area contributed by atoms with Crippen molar-refractivity contribution in [2.24, 2.45) is 0 Å². The topological polar surface area (TPSA) is 9.72 Å². The molecule has 58 valence electrons. The van der Waals surface area contributed by atoms with Crippen LogP contribution in [0.15, 0.2) is 0 Å². The summed E-state index contributed by atoms with van der Waals surface area (Å²) >= 11 is 5.13. The normalized spacial score (nSPS) is 28.4. The molecule has 1 unspecified atom stereocenters. The lowest BCUT2D eigenvalue weighted by atomic mass is 10.5. The van der Waals surface area contributed by atoms with Crippen molar-refractivity contribution in [2.45, 2.75) is 13.1 Å². The molecule has 10 heavy (non-hydrogen) atoms. The van der Waals surface area contributed by atoms with E-state index < -0.39 is 0 Å². The van der Waals surface area contributed by atoms with E-state index in [0.29, 0.717) is 6.17 Å². The second-order valence-corrected chi connectivity index (χ2v) is 2.99. The Balaban J connectivity index is 2.78. The fourth-order valence-electron chi connectivity index (χ4n) is 1.02. The van der Waals surface area contributed by atoms with Gasteiger partial charge in [-0.3, -0.25) is 5.01 Å². The van der Waals surface area contributed by atoms with Crippen molar-refractivity contribution in [3.63, 3.8) is 0 Å². The van der Waals surface area contributed by atoms with Crippen LogP contribution in [-0.4, -0.2) is 47.3 Å². The van der Waals surface area contributed by atoms with Gasteiger partial charge in [0.2, 0.25) is 0 Å². The SMILES string of the molecule is CC1N(C)C(=S)N(C)N1C. The zero-order valence-corrected chi connectivity index (χ0v) is 7.64. The van der Waals surface area contributed by atoms with Gasteiger partial charge < -0.3 is 4.90 Å². The number of hydrogen-bond donors (Lipinski definition) is 0. The molecule has 1 heterocycles. The van der Waals surface area contributed by atoms with E-state index in [4.69, 9.17) is 12.2 Å². The highest BCUT2D eigenvalue weighted by molar-refractivity contribution is 7.80. The van der Waals surface area contributed by atoms with E-state index in [1.807, 2.05) is 26.2 Å². The van der Waals surface area contributed by atoms with Crippen molar-refractivity contribution in [2.75, 3.05) is 21.1 Å². The van der Waals surface area contributed by atoms with Gasteiger partial charge in [0, 0.05) is 21.1 Å². The van der Waals surface area contributed by atoms with E-state index in [0.717, 1.165) is 5.11 Å². The quantitative estimate of drug-likeness (QED) is 0.471. The summed E-state index contributed by atoms with van der Waals surface area (Å²) in [5, 5.41) is 4.96. The first-order valence-electron chi connectivity index (χ1n) is 3.29. The highest BCUT2D eigenvalue weighted by Crippen LogP contribution is 2.14. The van der Waals surface area contributed by atoms with Crippen molar-refractivity contribution < 1.29 is 0 Å². The van der Waals surface area contributed by atoms with Crippen LogP contribution in [0, 0.1) is 0 Å². The molecule has 3 nitrogen and oxygen atoms in total. The first-order chi connectivity index (χ1) is 4.55. The third-order valence-corrected chi connectivity index (χ3v) is 2.71. The molecule has 1 aliphatic rings. The van der Waals surface area contributed by atoms with E-state index in [-0.39, 0.29) is 0 Å². The predicted molar refractivity (Wildman–Crippen MR) is 45.3 cm³/mol. The molecule has 0 bridgehead atoms. The Hall–Kier alpha value is -0.350. The molecular formula is C6H13N3S. The molecular weight excluding hydrogens is 146 g/mol. The average Bonchev–Trinajstić information content (AvgIpc) is 2.07. The molecule has 1 rings (SSSR count). The first kappa shape index (κ1) is 7.75. The summed E-state index contributed by atoms with van der Waals surface area (Å²) in [5.74, 6) is 0. The molecule has 4 heteroatoms. The average molecular weight is 159 g/mol. The molecule has 0 N–H and O–H groups in total. The number of thiocarbonyl (C=S) groups is 1. The minimum absolute atomic E-state index is 0.387. The van der Waals surface area contributed by atoms with E-state index >= 15 is 0 Å². The van der Waals surface area contributed by atoms with Gasteiger partial charge in [0.25, 0.3) is 0 Å². The Labute approximate surface area is 67.2 Å². The summed E-state index contributed by atoms with van der Waals surface area (Å²) in [4.78, 5) is 2.06. The maximum Gasteiger partial charge on any atom is 0.187 e. The van der Waals surface area contributed by atoms with Gasteiger partial charge >= 0.3 is 0 Å². The zero-order chi connectivity index (χ0) is 7.89. The number of nitrogens with zero attached hydrogens (tertiary/aromatic N) is 3. The maximum atomic E-state index is 5.13. The summed E-state index contributed by atoms with van der Waals surface area (Å²) in [6.07, 6.45) is 0.387. The van der Waals surface area contributed by atoms with Gasteiger partial charge in [-0.05, 0) is 19.1 Å². The molecule has 0 aromatic heterocycles. The van der Waals surface area contributed by atoms with Crippen LogP contribution in [0.1, 0.15) is 6.92 Å². The summed E-state index contributed by atoms with van der Waals surface area (Å²) in [6.45, 7) is 2.12. The lowest BCUT2D eigenvalue weighted by molar-refractivity contribution is 0.0743. The van der Waals surface area contributed by atoms with Crippen molar-refractivity contribution in [3.8, 4) is 0 Å². The lowest BCUT2D eigenvalue weighted by Gasteiger charge is -2.21. The van der Waals surface area contributed by atoms with Crippen LogP contribution >= 0.6 is 12.2 Å². The Bertz CT molecular complexity index is 143. The fraction of sp³-hybridized carbons (Fsp3) is 0.833. The molecule has 1 fully saturated rings. The molecule has 1 atom stereocenters. The molecule has 0 saturated carbocycles. The molecule has 1 saturated heterocycles. The molecule has 0 radical (unpaired) electrons. The molecule has 0 aromatic rings. The van der Waals surface area contributed by atoms with Crippen molar-refractivity contribution >= 4 is 17.3 Å². The van der Waals surface area contributed by atoms with Crippen molar-refractivity contribution in [3.05, 3.63) is 0 Å². The maximum absolute atomic E-state index is 5.13. The monoisotopic (exact) mass is 159 g/mol. The minimum Gasteiger partial charge on any atom is -0.334 e. The Morgan fingerprint density at radius 3 is 1.90 bits per heavy atom. The van der Waals surface area contributed by atoms with Crippen LogP contribution in [-0.2, 0) is 0 Å². The fourth-order valence-corrected chi connectivity index (χ4v) is 1.31. The van der Waals surface area contributed by atoms with Gasteiger partial charge in [-0.1, -0.05) is 0 Å². The van der Waals surface area contributed by atoms with Crippen LogP contribution in [0.5, 0.6) is 0 Å². The highest BCUT2D eigenvalue weighted by atomic mass is 32.1. The summed E-state index contributed by atoms with van der Waals surface area (Å²) in [5.41, 5.74) is 0. The summed E-state index contributed by atoms with van der Waals surface area (Å²) in [7, 11) is 6.01. The van der Waals surface area contributed by atoms with Crippen LogP contribution < -0.4 is 0 Å². The number of rotatable bonds is 0. The third kappa shape index (κ3) is 0.876. The van der Waals surface area contributed by atoms with Gasteiger partial charge in [0.1, 0.15) is 0 Å². The van der Waals surface area contributed by atoms with E-state index in [1.165, 1.54) is 0 Å². The Kier molecular flexibility index (Phi) is 1.83. The van der Waals surface area contributed by atoms with Crippen molar-refractivity contribution in [1.82, 2.24) is 14.9 Å². The van der Waals surface area contributed by atoms with Gasteiger partial charge in [0.15, 0.2) is 5.11 Å². The standard InChI is InChI=1S/C6H13N3S/c1-5-7(2)6(10)9(4)8(5)3/h5H,1-4H3. The first-order valence-corrected chi connectivity index (χ1v) is 3.69. The molecule has 0 aromatic carbocycles. The zero-order valence-electron chi connectivity index (χ0n) is 6.83. The van der Waals surface area contributed by atoms with Gasteiger partial charge in [-0.15, -0.1) is 0 Å². The largest absolute Gasteiger partial charge is 0.334 e. The minimum atomic E-state index is 0.387. The van der Waals surface area contributed by atoms with Gasteiger partial charge in [-0.2, -0.15) is 0 Å². The second kappa shape index (κ2) is 2.36. The molecule has 0 amide bonds. The van der Waals surface area contributed by atoms with Gasteiger partial charge in [-0.25, -0.2) is 5.01 Å². The lowest BCUT2D eigenvalue weighted by Crippen LogP contribution is -2.35. The molecule has 1 aliphatic heterocycles. The smallest absolute Gasteiger partial charge is 0.187 e. The van der Waals surface area contributed by atoms with Crippen LogP contribution in [0.2, 0.25) is 0 Å². The second-order valence-electron chi connectivity index (χ2n) is 2.62. The van der Waals surface area contributed by atoms with Gasteiger partial charge in [0.05, 0.1) is 6.17 Å². The van der Waals surface area contributed by atoms with Crippen LogP contribution in [0.25, 0.3) is 0 Å². The molecule has 0 aliphatic carbocycles. The Morgan fingerprint density at radius 1 is 1.30 bits per heavy atom. The van der Waals surface area contributed by atoms with E-state index in [1.54, 1.807) is 0 Å². The predicted octanol–water partition coefficient (Wildman–Crippen LogP) is 0.341. The Morgan fingerprint density at radius 2 is 1.80 bits per heavy atom. The van der Waals surface area contributed by atoms with E-state index in [2.05, 4.69) is 16.8 Å². The van der Waals surface area contributed by atoms with E-state index in [9.17, 15) is 0 Å². The molecule has 0 spiro atoms. The van der Waals surface area contributed by atoms with Crippen molar-refractivity contribution in [1.29, 1.82) is 0 Å². The third-order valence-electron chi connectivity index (χ3n) is 2.15. The number of hydrogen-bond acceptors (Lipinski definition) is 2.